The molecule has 0 atom stereocenters. The molecular weight excluding hydrogens is 346 g/mol. The number of carbonyl (C=O) groups excluding carboxylic acids is 1. The number of unbranched alkanes of at least 4 members (excludes halogenated alkanes) is 7. The number of benzene rings is 3. The standard InChI is InChI=1S/C25H31NO2/c1-2-3-4-5-6-7-8-11-16-28-25(27)26-24-15-14-22-17-20-12-9-10-13-21(20)18-23(22)19-24/h9-10,12-15,17-19H,2-8,11,16H2,1H3,(H,26,27). The third kappa shape index (κ3) is 5.98. The van der Waals surface area contributed by atoms with Crippen molar-refractivity contribution in [1.29, 1.82) is 0 Å². The molecule has 0 bridgehead atoms. The van der Waals surface area contributed by atoms with Crippen molar-refractivity contribution >= 4 is 33.3 Å². The van der Waals surface area contributed by atoms with E-state index in [9.17, 15) is 4.79 Å². The Kier molecular flexibility index (Phi) is 7.71. The van der Waals surface area contributed by atoms with Crippen LogP contribution in [0, 0.1) is 0 Å². The lowest BCUT2D eigenvalue weighted by Crippen LogP contribution is -2.14. The molecule has 0 radical (unpaired) electrons. The van der Waals surface area contributed by atoms with Crippen molar-refractivity contribution in [2.45, 2.75) is 58.3 Å². The Balaban J connectivity index is 1.42. The lowest BCUT2D eigenvalue weighted by Gasteiger charge is -2.09. The van der Waals surface area contributed by atoms with Crippen LogP contribution >= 0.6 is 0 Å². The summed E-state index contributed by atoms with van der Waals surface area (Å²) in [5, 5.41) is 7.54. The first-order chi connectivity index (χ1) is 13.8. The molecular formula is C25H31NO2. The number of amides is 1. The molecule has 3 aromatic rings. The molecule has 0 heterocycles. The second-order valence-corrected chi connectivity index (χ2v) is 7.50. The number of hydrogen-bond acceptors (Lipinski definition) is 2. The zero-order chi connectivity index (χ0) is 19.6. The van der Waals surface area contributed by atoms with Gasteiger partial charge >= 0.3 is 6.09 Å². The molecule has 3 aromatic carbocycles. The molecule has 148 valence electrons. The minimum Gasteiger partial charge on any atom is -0.449 e. The van der Waals surface area contributed by atoms with Gasteiger partial charge in [-0.2, -0.15) is 0 Å². The van der Waals surface area contributed by atoms with Gasteiger partial charge in [-0.25, -0.2) is 4.79 Å². The average molecular weight is 378 g/mol. The summed E-state index contributed by atoms with van der Waals surface area (Å²) < 4.78 is 5.32. The van der Waals surface area contributed by atoms with Crippen LogP contribution in [0.4, 0.5) is 10.5 Å². The minimum atomic E-state index is -0.372. The normalized spacial score (nSPS) is 11.0. The van der Waals surface area contributed by atoms with E-state index in [1.54, 1.807) is 0 Å². The van der Waals surface area contributed by atoms with E-state index >= 15 is 0 Å². The zero-order valence-electron chi connectivity index (χ0n) is 16.9. The van der Waals surface area contributed by atoms with Crippen molar-refractivity contribution in [3.8, 4) is 0 Å². The smallest absolute Gasteiger partial charge is 0.411 e. The average Bonchev–Trinajstić information content (AvgIpc) is 2.71. The first kappa shape index (κ1) is 20.2. The maximum Gasteiger partial charge on any atom is 0.411 e. The van der Waals surface area contributed by atoms with Crippen LogP contribution in [0.1, 0.15) is 58.3 Å². The van der Waals surface area contributed by atoms with Crippen LogP contribution in [-0.2, 0) is 4.74 Å². The van der Waals surface area contributed by atoms with Crippen LogP contribution in [0.15, 0.2) is 54.6 Å². The molecule has 28 heavy (non-hydrogen) atoms. The third-order valence-corrected chi connectivity index (χ3v) is 5.18. The first-order valence-corrected chi connectivity index (χ1v) is 10.6. The second-order valence-electron chi connectivity index (χ2n) is 7.50. The molecule has 0 unspecified atom stereocenters. The maximum atomic E-state index is 12.0. The molecule has 3 heteroatoms. The van der Waals surface area contributed by atoms with Gasteiger partial charge in [0, 0.05) is 5.69 Å². The largest absolute Gasteiger partial charge is 0.449 e. The summed E-state index contributed by atoms with van der Waals surface area (Å²) in [6, 6.07) is 18.6. The van der Waals surface area contributed by atoms with Crippen molar-refractivity contribution in [1.82, 2.24) is 0 Å². The number of nitrogens with one attached hydrogen (secondary N) is 1. The molecule has 3 rings (SSSR count). The van der Waals surface area contributed by atoms with Gasteiger partial charge in [0.05, 0.1) is 6.61 Å². The summed E-state index contributed by atoms with van der Waals surface area (Å²) in [6.45, 7) is 2.72. The first-order valence-electron chi connectivity index (χ1n) is 10.6. The summed E-state index contributed by atoms with van der Waals surface area (Å²) in [4.78, 5) is 12.0. The van der Waals surface area contributed by atoms with Gasteiger partial charge in [0.25, 0.3) is 0 Å². The van der Waals surface area contributed by atoms with Gasteiger partial charge in [-0.1, -0.05) is 82.2 Å². The lowest BCUT2D eigenvalue weighted by atomic mass is 10.0. The van der Waals surface area contributed by atoms with E-state index in [0.717, 1.165) is 29.3 Å². The third-order valence-electron chi connectivity index (χ3n) is 5.18. The predicted octanol–water partition coefficient (Wildman–Crippen LogP) is 7.68. The minimum absolute atomic E-state index is 0.372. The number of ether oxygens (including phenoxy) is 1. The summed E-state index contributed by atoms with van der Waals surface area (Å²) in [6.07, 6.45) is 9.51. The Morgan fingerprint density at radius 2 is 1.36 bits per heavy atom. The Labute approximate surface area is 168 Å². The number of rotatable bonds is 10. The van der Waals surface area contributed by atoms with E-state index in [0.29, 0.717) is 6.61 Å². The quantitative estimate of drug-likeness (QED) is 0.290. The van der Waals surface area contributed by atoms with Crippen molar-refractivity contribution in [2.75, 3.05) is 11.9 Å². The molecule has 0 aliphatic carbocycles. The second kappa shape index (κ2) is 10.7. The predicted molar refractivity (Wildman–Crippen MR) is 119 cm³/mol. The topological polar surface area (TPSA) is 38.3 Å². The molecule has 0 aromatic heterocycles. The summed E-state index contributed by atoms with van der Waals surface area (Å²) >= 11 is 0. The highest BCUT2D eigenvalue weighted by Crippen LogP contribution is 2.25. The van der Waals surface area contributed by atoms with E-state index in [1.807, 2.05) is 30.3 Å². The van der Waals surface area contributed by atoms with E-state index in [1.165, 1.54) is 49.3 Å². The number of anilines is 1. The summed E-state index contributed by atoms with van der Waals surface area (Å²) in [5.41, 5.74) is 0.767. The van der Waals surface area contributed by atoms with Crippen LogP contribution in [0.25, 0.3) is 21.5 Å². The number of fused-ring (bicyclic) bond motifs is 2. The van der Waals surface area contributed by atoms with Crippen LogP contribution in [0.5, 0.6) is 0 Å². The highest BCUT2D eigenvalue weighted by atomic mass is 16.5. The van der Waals surface area contributed by atoms with Gasteiger partial charge in [0.2, 0.25) is 0 Å². The Hall–Kier alpha value is -2.55. The van der Waals surface area contributed by atoms with Crippen LogP contribution < -0.4 is 5.32 Å². The fraction of sp³-hybridized carbons (Fsp3) is 0.400. The molecule has 1 amide bonds. The highest BCUT2D eigenvalue weighted by molar-refractivity contribution is 6.00. The van der Waals surface area contributed by atoms with Crippen molar-refractivity contribution in [3.63, 3.8) is 0 Å². The SMILES string of the molecule is CCCCCCCCCCOC(=O)Nc1ccc2cc3ccccc3cc2c1. The summed E-state index contributed by atoms with van der Waals surface area (Å²) in [7, 11) is 0. The fourth-order valence-electron chi connectivity index (χ4n) is 3.57. The van der Waals surface area contributed by atoms with Crippen molar-refractivity contribution < 1.29 is 9.53 Å². The van der Waals surface area contributed by atoms with Gasteiger partial charge in [-0.15, -0.1) is 0 Å². The van der Waals surface area contributed by atoms with Gasteiger partial charge in [-0.3, -0.25) is 5.32 Å². The van der Waals surface area contributed by atoms with Gasteiger partial charge in [0.1, 0.15) is 0 Å². The zero-order valence-corrected chi connectivity index (χ0v) is 16.9. The van der Waals surface area contributed by atoms with Crippen molar-refractivity contribution in [2.24, 2.45) is 0 Å². The molecule has 0 fully saturated rings. The van der Waals surface area contributed by atoms with E-state index in [-0.39, 0.29) is 6.09 Å². The van der Waals surface area contributed by atoms with E-state index in [4.69, 9.17) is 4.74 Å². The molecule has 3 nitrogen and oxygen atoms in total. The number of carbonyl (C=O) groups is 1. The fourth-order valence-corrected chi connectivity index (χ4v) is 3.57. The Morgan fingerprint density at radius 1 is 0.750 bits per heavy atom. The molecule has 0 saturated carbocycles. The summed E-state index contributed by atoms with van der Waals surface area (Å²) in [5.74, 6) is 0. The van der Waals surface area contributed by atoms with E-state index < -0.39 is 0 Å². The van der Waals surface area contributed by atoms with Gasteiger partial charge in [-0.05, 0) is 52.2 Å². The lowest BCUT2D eigenvalue weighted by molar-refractivity contribution is 0.159. The number of hydrogen-bond donors (Lipinski definition) is 1. The molecule has 0 spiro atoms. The molecule has 0 saturated heterocycles. The molecule has 0 aliphatic heterocycles. The van der Waals surface area contributed by atoms with Crippen LogP contribution in [0.2, 0.25) is 0 Å². The van der Waals surface area contributed by atoms with Crippen LogP contribution in [0.3, 0.4) is 0 Å². The Bertz CT molecular complexity index is 903. The van der Waals surface area contributed by atoms with Gasteiger partial charge in [0.15, 0.2) is 0 Å². The maximum absolute atomic E-state index is 12.0. The molecule has 0 aliphatic rings. The van der Waals surface area contributed by atoms with Gasteiger partial charge < -0.3 is 4.74 Å². The highest BCUT2D eigenvalue weighted by Gasteiger charge is 2.05. The van der Waals surface area contributed by atoms with Crippen molar-refractivity contribution in [3.05, 3.63) is 54.6 Å². The van der Waals surface area contributed by atoms with Crippen LogP contribution in [-0.4, -0.2) is 12.7 Å². The Morgan fingerprint density at radius 3 is 2.07 bits per heavy atom. The van der Waals surface area contributed by atoms with E-state index in [2.05, 4.69) is 36.5 Å². The molecule has 1 N–H and O–H groups in total. The monoisotopic (exact) mass is 377 g/mol.